The molecule has 0 atom stereocenters. The molecule has 33 heavy (non-hydrogen) atoms. The molecule has 0 radical (unpaired) electrons. The molecule has 7 heteroatoms. The molecule has 0 unspecified atom stereocenters. The number of carbonyl (C=O) groups excluding carboxylic acids is 1. The fourth-order valence-corrected chi connectivity index (χ4v) is 4.75. The van der Waals surface area contributed by atoms with E-state index < -0.39 is 5.82 Å². The van der Waals surface area contributed by atoms with Gasteiger partial charge in [-0.25, -0.2) is 4.39 Å². The van der Waals surface area contributed by atoms with Crippen LogP contribution >= 0.6 is 11.6 Å². The van der Waals surface area contributed by atoms with Gasteiger partial charge in [0.05, 0.1) is 16.3 Å². The summed E-state index contributed by atoms with van der Waals surface area (Å²) in [5.41, 5.74) is 2.33. The highest BCUT2D eigenvalue weighted by Gasteiger charge is 2.27. The van der Waals surface area contributed by atoms with Crippen molar-refractivity contribution in [3.8, 4) is 5.75 Å². The van der Waals surface area contributed by atoms with E-state index in [0.717, 1.165) is 24.5 Å². The van der Waals surface area contributed by atoms with Gasteiger partial charge in [-0.05, 0) is 76.4 Å². The summed E-state index contributed by atoms with van der Waals surface area (Å²) in [4.78, 5) is 19.5. The van der Waals surface area contributed by atoms with E-state index in [9.17, 15) is 9.18 Å². The van der Waals surface area contributed by atoms with Gasteiger partial charge in [-0.2, -0.15) is 0 Å². The van der Waals surface area contributed by atoms with Crippen molar-refractivity contribution in [3.05, 3.63) is 52.8 Å². The molecule has 2 heterocycles. The van der Waals surface area contributed by atoms with E-state index in [1.54, 1.807) is 4.90 Å². The fourth-order valence-electron chi connectivity index (χ4n) is 4.50. The normalized spacial score (nSPS) is 17.3. The van der Waals surface area contributed by atoms with E-state index in [1.165, 1.54) is 43.1 Å². The van der Waals surface area contributed by atoms with Gasteiger partial charge in [0.15, 0.2) is 0 Å². The van der Waals surface area contributed by atoms with E-state index in [0.29, 0.717) is 31.7 Å². The molecule has 2 fully saturated rings. The second-order valence-corrected chi connectivity index (χ2v) is 10.2. The van der Waals surface area contributed by atoms with Gasteiger partial charge in [-0.1, -0.05) is 11.6 Å². The Hall–Kier alpha value is -2.47. The van der Waals surface area contributed by atoms with Crippen LogP contribution in [0.3, 0.4) is 0 Å². The first-order valence-corrected chi connectivity index (χ1v) is 12.2. The van der Waals surface area contributed by atoms with Crippen molar-refractivity contribution in [3.63, 3.8) is 0 Å². The number of benzene rings is 2. The molecule has 178 valence electrons. The van der Waals surface area contributed by atoms with Crippen molar-refractivity contribution in [2.45, 2.75) is 45.6 Å². The number of anilines is 2. The summed E-state index contributed by atoms with van der Waals surface area (Å²) in [7, 11) is 0. The largest absolute Gasteiger partial charge is 0.486 e. The van der Waals surface area contributed by atoms with Crippen LogP contribution in [0.15, 0.2) is 36.4 Å². The highest BCUT2D eigenvalue weighted by atomic mass is 35.5. The van der Waals surface area contributed by atoms with Gasteiger partial charge >= 0.3 is 0 Å². The molecular weight excluding hydrogens is 441 g/mol. The van der Waals surface area contributed by atoms with Crippen LogP contribution in [0.25, 0.3) is 0 Å². The number of piperazine rings is 1. The molecule has 2 aromatic carbocycles. The van der Waals surface area contributed by atoms with Crippen LogP contribution in [0.4, 0.5) is 15.8 Å². The second kappa shape index (κ2) is 9.80. The zero-order valence-corrected chi connectivity index (χ0v) is 20.5. The maximum Gasteiger partial charge on any atom is 0.255 e. The van der Waals surface area contributed by atoms with Gasteiger partial charge in [-0.15, -0.1) is 0 Å². The first-order chi connectivity index (χ1) is 15.7. The zero-order chi connectivity index (χ0) is 23.6. The van der Waals surface area contributed by atoms with Crippen molar-refractivity contribution >= 4 is 28.9 Å². The lowest BCUT2D eigenvalue weighted by molar-refractivity contribution is 0.0746. The van der Waals surface area contributed by atoms with Gasteiger partial charge < -0.3 is 19.4 Å². The number of hydrogen-bond donors (Lipinski definition) is 0. The van der Waals surface area contributed by atoms with Gasteiger partial charge in [0, 0.05) is 45.0 Å². The monoisotopic (exact) mass is 473 g/mol. The molecule has 2 aliphatic rings. The maximum absolute atomic E-state index is 13.4. The number of hydrogen-bond acceptors (Lipinski definition) is 4. The van der Waals surface area contributed by atoms with Crippen molar-refractivity contribution in [1.29, 1.82) is 0 Å². The molecule has 2 aliphatic heterocycles. The minimum Gasteiger partial charge on any atom is -0.486 e. The average Bonchev–Trinajstić information content (AvgIpc) is 2.79. The third-order valence-electron chi connectivity index (χ3n) is 6.15. The topological polar surface area (TPSA) is 36.0 Å². The summed E-state index contributed by atoms with van der Waals surface area (Å²) in [5.74, 6) is 0.263. The predicted molar refractivity (Wildman–Crippen MR) is 132 cm³/mol. The minimum atomic E-state index is -0.443. The van der Waals surface area contributed by atoms with Crippen LogP contribution in [0, 0.1) is 5.82 Å². The Morgan fingerprint density at radius 2 is 1.61 bits per heavy atom. The molecular formula is C26H33ClFN3O2. The predicted octanol–water partition coefficient (Wildman–Crippen LogP) is 5.61. The first kappa shape index (κ1) is 23.7. The van der Waals surface area contributed by atoms with E-state index in [2.05, 4.69) is 48.8 Å². The number of halogens is 2. The molecule has 2 aromatic rings. The Bertz CT molecular complexity index is 994. The Kier molecular flexibility index (Phi) is 7.03. The zero-order valence-electron chi connectivity index (χ0n) is 19.7. The van der Waals surface area contributed by atoms with Crippen molar-refractivity contribution in [2.24, 2.45) is 0 Å². The Balaban J connectivity index is 1.52. The number of rotatable bonds is 4. The smallest absolute Gasteiger partial charge is 0.255 e. The molecule has 0 aliphatic carbocycles. The summed E-state index contributed by atoms with van der Waals surface area (Å²) < 4.78 is 19.7. The van der Waals surface area contributed by atoms with Gasteiger partial charge in [0.2, 0.25) is 0 Å². The third kappa shape index (κ3) is 5.72. The van der Waals surface area contributed by atoms with Crippen LogP contribution in [0.1, 0.15) is 50.4 Å². The molecule has 4 rings (SSSR count). The van der Waals surface area contributed by atoms with Gasteiger partial charge in [0.25, 0.3) is 5.91 Å². The maximum atomic E-state index is 13.4. The standard InChI is InChI=1S/C26H33ClFN3O2/c1-26(2,3)33-24-10-8-20(29-11-5-4-6-12-29)18-23(24)30-13-15-31(16-14-30)25(32)21-9-7-19(28)17-22(21)27/h7-10,17-18H,4-6,11-16H2,1-3H3. The van der Waals surface area contributed by atoms with Crippen LogP contribution in [-0.4, -0.2) is 55.7 Å². The number of amides is 1. The molecule has 0 spiro atoms. The summed E-state index contributed by atoms with van der Waals surface area (Å²) in [5, 5.41) is 0.150. The van der Waals surface area contributed by atoms with Gasteiger partial charge in [-0.3, -0.25) is 4.79 Å². The van der Waals surface area contributed by atoms with Crippen molar-refractivity contribution in [2.75, 3.05) is 49.1 Å². The van der Waals surface area contributed by atoms with E-state index in [4.69, 9.17) is 16.3 Å². The van der Waals surface area contributed by atoms with Crippen molar-refractivity contribution < 1.29 is 13.9 Å². The highest BCUT2D eigenvalue weighted by Crippen LogP contribution is 2.36. The summed E-state index contributed by atoms with van der Waals surface area (Å²) in [6.07, 6.45) is 3.74. The summed E-state index contributed by atoms with van der Waals surface area (Å²) >= 11 is 6.12. The lowest BCUT2D eigenvalue weighted by Gasteiger charge is -2.38. The summed E-state index contributed by atoms with van der Waals surface area (Å²) in [6.45, 7) is 10.8. The van der Waals surface area contributed by atoms with Crippen LogP contribution in [0.5, 0.6) is 5.75 Å². The van der Waals surface area contributed by atoms with E-state index >= 15 is 0 Å². The molecule has 0 aromatic heterocycles. The fraction of sp³-hybridized carbons (Fsp3) is 0.500. The molecule has 0 saturated carbocycles. The van der Waals surface area contributed by atoms with Crippen LogP contribution < -0.4 is 14.5 Å². The highest BCUT2D eigenvalue weighted by molar-refractivity contribution is 6.33. The lowest BCUT2D eigenvalue weighted by atomic mass is 10.1. The molecule has 1 amide bonds. The third-order valence-corrected chi connectivity index (χ3v) is 6.46. The molecule has 2 saturated heterocycles. The SMILES string of the molecule is CC(C)(C)Oc1ccc(N2CCCCC2)cc1N1CCN(C(=O)c2ccc(F)cc2Cl)CC1. The first-order valence-electron chi connectivity index (χ1n) is 11.8. The lowest BCUT2D eigenvalue weighted by Crippen LogP contribution is -2.49. The van der Waals surface area contributed by atoms with Crippen LogP contribution in [-0.2, 0) is 0 Å². The van der Waals surface area contributed by atoms with Gasteiger partial charge in [0.1, 0.15) is 17.2 Å². The van der Waals surface area contributed by atoms with Crippen LogP contribution in [0.2, 0.25) is 5.02 Å². The Morgan fingerprint density at radius 1 is 0.909 bits per heavy atom. The minimum absolute atomic E-state index is 0.150. The summed E-state index contributed by atoms with van der Waals surface area (Å²) in [6, 6.07) is 10.4. The quantitative estimate of drug-likeness (QED) is 0.578. The van der Waals surface area contributed by atoms with E-state index in [-0.39, 0.29) is 16.5 Å². The molecule has 0 bridgehead atoms. The Morgan fingerprint density at radius 3 is 2.24 bits per heavy atom. The molecule has 5 nitrogen and oxygen atoms in total. The second-order valence-electron chi connectivity index (χ2n) is 9.82. The number of ether oxygens (including phenoxy) is 1. The Labute approximate surface area is 201 Å². The van der Waals surface area contributed by atoms with E-state index in [1.807, 2.05) is 0 Å². The van der Waals surface area contributed by atoms with Crippen molar-refractivity contribution in [1.82, 2.24) is 4.90 Å². The number of nitrogens with zero attached hydrogens (tertiary/aromatic N) is 3. The number of piperidine rings is 1. The number of carbonyl (C=O) groups is 1. The average molecular weight is 474 g/mol. The molecule has 0 N–H and O–H groups in total.